The second kappa shape index (κ2) is 3.63. The number of nitrogens with zero attached hydrogens (tertiary/aromatic N) is 2. The molecule has 0 spiro atoms. The van der Waals surface area contributed by atoms with Gasteiger partial charge >= 0.3 is 0 Å². The first-order valence-electron chi connectivity index (χ1n) is 6.25. The SMILES string of the molecule is CC(C)n1c(C2CC2)cc2cc(C#N)ccc21. The van der Waals surface area contributed by atoms with Gasteiger partial charge in [-0.1, -0.05) is 0 Å². The molecule has 86 valence electrons. The van der Waals surface area contributed by atoms with Crippen molar-refractivity contribution in [1.82, 2.24) is 4.57 Å². The number of hydrogen-bond donors (Lipinski definition) is 0. The lowest BCUT2D eigenvalue weighted by molar-refractivity contribution is 0.595. The Balaban J connectivity index is 2.26. The number of hydrogen-bond acceptors (Lipinski definition) is 1. The minimum Gasteiger partial charge on any atom is -0.342 e. The van der Waals surface area contributed by atoms with Crippen LogP contribution in [0, 0.1) is 11.3 Å². The zero-order valence-electron chi connectivity index (χ0n) is 10.3. The zero-order chi connectivity index (χ0) is 12.0. The van der Waals surface area contributed by atoms with Gasteiger partial charge in [0.25, 0.3) is 0 Å². The van der Waals surface area contributed by atoms with Crippen LogP contribution in [0.3, 0.4) is 0 Å². The van der Waals surface area contributed by atoms with Crippen molar-refractivity contribution in [2.24, 2.45) is 0 Å². The minimum atomic E-state index is 0.482. The molecule has 0 unspecified atom stereocenters. The molecule has 2 heteroatoms. The molecule has 1 aromatic heterocycles. The van der Waals surface area contributed by atoms with Gasteiger partial charge in [-0.2, -0.15) is 5.26 Å². The van der Waals surface area contributed by atoms with Gasteiger partial charge in [-0.25, -0.2) is 0 Å². The van der Waals surface area contributed by atoms with E-state index in [1.54, 1.807) is 0 Å². The first kappa shape index (κ1) is 10.4. The van der Waals surface area contributed by atoms with Crippen LogP contribution >= 0.6 is 0 Å². The Labute approximate surface area is 101 Å². The highest BCUT2D eigenvalue weighted by molar-refractivity contribution is 5.83. The van der Waals surface area contributed by atoms with E-state index in [9.17, 15) is 0 Å². The first-order valence-corrected chi connectivity index (χ1v) is 6.25. The van der Waals surface area contributed by atoms with Crippen LogP contribution in [0.15, 0.2) is 24.3 Å². The third kappa shape index (κ3) is 1.63. The topological polar surface area (TPSA) is 28.7 Å². The van der Waals surface area contributed by atoms with Crippen molar-refractivity contribution in [1.29, 1.82) is 5.26 Å². The summed E-state index contributed by atoms with van der Waals surface area (Å²) in [5.74, 6) is 0.746. The highest BCUT2D eigenvalue weighted by atomic mass is 15.0. The molecule has 2 aromatic rings. The molecule has 0 bridgehead atoms. The Kier molecular flexibility index (Phi) is 2.22. The molecule has 1 heterocycles. The van der Waals surface area contributed by atoms with Gasteiger partial charge in [0.15, 0.2) is 0 Å². The molecular formula is C15H16N2. The highest BCUT2D eigenvalue weighted by Crippen LogP contribution is 2.43. The van der Waals surface area contributed by atoms with Crippen molar-refractivity contribution >= 4 is 10.9 Å². The fourth-order valence-electron chi connectivity index (χ4n) is 2.60. The fraction of sp³-hybridized carbons (Fsp3) is 0.400. The van der Waals surface area contributed by atoms with Gasteiger partial charge < -0.3 is 4.57 Å². The van der Waals surface area contributed by atoms with Gasteiger partial charge in [-0.3, -0.25) is 0 Å². The van der Waals surface area contributed by atoms with Crippen LogP contribution in [0.25, 0.3) is 10.9 Å². The van der Waals surface area contributed by atoms with E-state index >= 15 is 0 Å². The van der Waals surface area contributed by atoms with Gasteiger partial charge in [-0.15, -0.1) is 0 Å². The molecule has 1 saturated carbocycles. The molecular weight excluding hydrogens is 208 g/mol. The van der Waals surface area contributed by atoms with Crippen LogP contribution in [0.2, 0.25) is 0 Å². The Bertz CT molecular complexity index is 610. The van der Waals surface area contributed by atoms with E-state index in [1.807, 2.05) is 12.1 Å². The van der Waals surface area contributed by atoms with Crippen molar-refractivity contribution in [3.63, 3.8) is 0 Å². The minimum absolute atomic E-state index is 0.482. The third-order valence-electron chi connectivity index (χ3n) is 3.51. The predicted octanol–water partition coefficient (Wildman–Crippen LogP) is 3.97. The van der Waals surface area contributed by atoms with Crippen LogP contribution in [-0.2, 0) is 0 Å². The lowest BCUT2D eigenvalue weighted by Crippen LogP contribution is -2.04. The predicted molar refractivity (Wildman–Crippen MR) is 69.0 cm³/mol. The monoisotopic (exact) mass is 224 g/mol. The summed E-state index contributed by atoms with van der Waals surface area (Å²) in [6.45, 7) is 4.45. The lowest BCUT2D eigenvalue weighted by atomic mass is 10.1. The Morgan fingerprint density at radius 3 is 2.65 bits per heavy atom. The molecule has 0 N–H and O–H groups in total. The Morgan fingerprint density at radius 2 is 2.06 bits per heavy atom. The van der Waals surface area contributed by atoms with Crippen molar-refractivity contribution in [2.75, 3.05) is 0 Å². The maximum absolute atomic E-state index is 8.95. The summed E-state index contributed by atoms with van der Waals surface area (Å²) in [7, 11) is 0. The van der Waals surface area contributed by atoms with Crippen LogP contribution in [0.5, 0.6) is 0 Å². The standard InChI is InChI=1S/C15H16N2/c1-10(2)17-14-6-3-11(9-16)7-13(14)8-15(17)12-4-5-12/h3,6-8,10,12H,4-5H2,1-2H3. The van der Waals surface area contributed by atoms with E-state index in [0.717, 1.165) is 11.5 Å². The molecule has 1 fully saturated rings. The van der Waals surface area contributed by atoms with E-state index in [-0.39, 0.29) is 0 Å². The molecule has 1 aromatic carbocycles. The van der Waals surface area contributed by atoms with Crippen molar-refractivity contribution < 1.29 is 0 Å². The molecule has 17 heavy (non-hydrogen) atoms. The summed E-state index contributed by atoms with van der Waals surface area (Å²) in [6, 6.07) is 11.0. The summed E-state index contributed by atoms with van der Waals surface area (Å²) < 4.78 is 2.42. The van der Waals surface area contributed by atoms with Crippen molar-refractivity contribution in [3.05, 3.63) is 35.5 Å². The van der Waals surface area contributed by atoms with Gasteiger partial charge in [0.05, 0.1) is 11.6 Å². The van der Waals surface area contributed by atoms with Crippen LogP contribution < -0.4 is 0 Å². The fourth-order valence-corrected chi connectivity index (χ4v) is 2.60. The average molecular weight is 224 g/mol. The third-order valence-corrected chi connectivity index (χ3v) is 3.51. The molecule has 1 aliphatic rings. The van der Waals surface area contributed by atoms with E-state index in [2.05, 4.69) is 36.6 Å². The van der Waals surface area contributed by atoms with Gasteiger partial charge in [0.2, 0.25) is 0 Å². The second-order valence-corrected chi connectivity index (χ2v) is 5.19. The Hall–Kier alpha value is -1.75. The van der Waals surface area contributed by atoms with E-state index in [4.69, 9.17) is 5.26 Å². The average Bonchev–Trinajstić information content (AvgIpc) is 3.08. The normalized spacial score (nSPS) is 15.4. The summed E-state index contributed by atoms with van der Waals surface area (Å²) in [5, 5.41) is 10.2. The highest BCUT2D eigenvalue weighted by Gasteiger charge is 2.28. The maximum Gasteiger partial charge on any atom is 0.0991 e. The molecule has 0 amide bonds. The quantitative estimate of drug-likeness (QED) is 0.758. The number of benzene rings is 1. The molecule has 0 aliphatic heterocycles. The molecule has 2 nitrogen and oxygen atoms in total. The molecule has 0 radical (unpaired) electrons. The molecule has 0 atom stereocenters. The summed E-state index contributed by atoms with van der Waals surface area (Å²) in [6.07, 6.45) is 2.63. The molecule has 0 saturated heterocycles. The first-order chi connectivity index (χ1) is 8.20. The number of aromatic nitrogens is 1. The molecule has 3 rings (SSSR count). The second-order valence-electron chi connectivity index (χ2n) is 5.19. The zero-order valence-corrected chi connectivity index (χ0v) is 10.3. The summed E-state index contributed by atoms with van der Waals surface area (Å²) in [4.78, 5) is 0. The maximum atomic E-state index is 8.95. The van der Waals surface area contributed by atoms with E-state index in [1.165, 1.54) is 29.4 Å². The summed E-state index contributed by atoms with van der Waals surface area (Å²) in [5.41, 5.74) is 3.46. The Morgan fingerprint density at radius 1 is 1.29 bits per heavy atom. The largest absolute Gasteiger partial charge is 0.342 e. The van der Waals surface area contributed by atoms with Crippen LogP contribution in [0.4, 0.5) is 0 Å². The molecule has 1 aliphatic carbocycles. The number of rotatable bonds is 2. The van der Waals surface area contributed by atoms with Gasteiger partial charge in [-0.05, 0) is 56.9 Å². The van der Waals surface area contributed by atoms with Crippen molar-refractivity contribution in [2.45, 2.75) is 38.6 Å². The van der Waals surface area contributed by atoms with E-state index in [0.29, 0.717) is 6.04 Å². The lowest BCUT2D eigenvalue weighted by Gasteiger charge is -2.14. The van der Waals surface area contributed by atoms with Crippen LogP contribution in [0.1, 0.15) is 49.9 Å². The smallest absolute Gasteiger partial charge is 0.0991 e. The number of fused-ring (bicyclic) bond motifs is 1. The van der Waals surface area contributed by atoms with Crippen molar-refractivity contribution in [3.8, 4) is 6.07 Å². The van der Waals surface area contributed by atoms with Gasteiger partial charge in [0, 0.05) is 22.6 Å². The van der Waals surface area contributed by atoms with E-state index < -0.39 is 0 Å². The van der Waals surface area contributed by atoms with Gasteiger partial charge in [0.1, 0.15) is 0 Å². The summed E-state index contributed by atoms with van der Waals surface area (Å²) >= 11 is 0. The van der Waals surface area contributed by atoms with Crippen LogP contribution in [-0.4, -0.2) is 4.57 Å². The number of nitriles is 1.